The third kappa shape index (κ3) is 3.81. The number of carboxylic acids is 1. The molecule has 4 nitrogen and oxygen atoms in total. The van der Waals surface area contributed by atoms with E-state index in [9.17, 15) is 25.9 Å². The number of alkyl halides is 2. The highest BCUT2D eigenvalue weighted by atomic mass is 32.3. The van der Waals surface area contributed by atoms with Crippen LogP contribution in [0.15, 0.2) is 0 Å². The Hall–Kier alpha value is -0.790. The van der Waals surface area contributed by atoms with E-state index in [-0.39, 0.29) is 0 Å². The second-order valence-electron chi connectivity index (χ2n) is 1.69. The molecule has 11 heavy (non-hydrogen) atoms. The second-order valence-corrected chi connectivity index (χ2v) is 3.06. The molecule has 0 aromatic carbocycles. The molecule has 0 aromatic rings. The Kier molecular flexibility index (Phi) is 2.49. The first-order valence-corrected chi connectivity index (χ1v) is 3.74. The molecule has 0 atom stereocenters. The summed E-state index contributed by atoms with van der Waals surface area (Å²) >= 11 is 0. The van der Waals surface area contributed by atoms with E-state index in [4.69, 9.17) is 5.11 Å². The third-order valence-electron chi connectivity index (χ3n) is 0.667. The summed E-state index contributed by atoms with van der Waals surface area (Å²) in [5.41, 5.74) is 0. The molecule has 0 fully saturated rings. The van der Waals surface area contributed by atoms with Crippen LogP contribution in [-0.4, -0.2) is 31.2 Å². The van der Waals surface area contributed by atoms with E-state index in [1.165, 1.54) is 0 Å². The van der Waals surface area contributed by atoms with Crippen molar-refractivity contribution in [3.8, 4) is 0 Å². The van der Waals surface area contributed by atoms with Crippen LogP contribution in [0.25, 0.3) is 0 Å². The smallest absolute Gasteiger partial charge is 0.375 e. The highest BCUT2D eigenvalue weighted by Gasteiger charge is 2.43. The van der Waals surface area contributed by atoms with Gasteiger partial charge in [-0.1, -0.05) is 0 Å². The van der Waals surface area contributed by atoms with Gasteiger partial charge in [0.15, 0.2) is 5.75 Å². The first-order valence-electron chi connectivity index (χ1n) is 2.19. The van der Waals surface area contributed by atoms with Gasteiger partial charge in [0.05, 0.1) is 0 Å². The first kappa shape index (κ1) is 10.2. The molecule has 0 saturated carbocycles. The molecule has 0 bridgehead atoms. The van der Waals surface area contributed by atoms with E-state index in [1.807, 2.05) is 0 Å². The van der Waals surface area contributed by atoms with Gasteiger partial charge in [0.2, 0.25) is 0 Å². The van der Waals surface area contributed by atoms with E-state index >= 15 is 0 Å². The van der Waals surface area contributed by atoms with Gasteiger partial charge in [0.1, 0.15) is 0 Å². The van der Waals surface area contributed by atoms with Crippen molar-refractivity contribution in [1.82, 2.24) is 0 Å². The molecule has 8 heteroatoms. The Morgan fingerprint density at radius 3 is 1.91 bits per heavy atom. The van der Waals surface area contributed by atoms with Gasteiger partial charge in [-0.2, -0.15) is 17.2 Å². The lowest BCUT2D eigenvalue weighted by atomic mass is 10.4. The minimum Gasteiger partial charge on any atom is -0.477 e. The van der Waals surface area contributed by atoms with E-state index in [1.54, 1.807) is 0 Å². The van der Waals surface area contributed by atoms with Crippen molar-refractivity contribution in [2.75, 3.05) is 5.75 Å². The summed E-state index contributed by atoms with van der Waals surface area (Å²) < 4.78 is 54.2. The number of halogens is 3. The average molecular weight is 192 g/mol. The topological polar surface area (TPSA) is 71.4 Å². The minimum absolute atomic E-state index is 2.32. The Morgan fingerprint density at radius 2 is 1.82 bits per heavy atom. The molecule has 0 heterocycles. The predicted octanol–water partition coefficient (Wildman–Crippen LogP) is 0.00560. The zero-order valence-corrected chi connectivity index (χ0v) is 5.74. The number of aliphatic carboxylic acids is 1. The fourth-order valence-electron chi connectivity index (χ4n) is 0.278. The monoisotopic (exact) mass is 192 g/mol. The van der Waals surface area contributed by atoms with Crippen molar-refractivity contribution in [2.45, 2.75) is 5.92 Å². The number of hydrogen-bond donors (Lipinski definition) is 1. The molecule has 0 aliphatic carbocycles. The summed E-state index contributed by atoms with van der Waals surface area (Å²) in [6, 6.07) is 0. The zero-order chi connectivity index (χ0) is 9.28. The summed E-state index contributed by atoms with van der Waals surface area (Å²) in [6.07, 6.45) is 0. The van der Waals surface area contributed by atoms with Crippen molar-refractivity contribution < 1.29 is 31.0 Å². The molecular weight excluding hydrogens is 189 g/mol. The molecule has 0 aliphatic rings. The van der Waals surface area contributed by atoms with E-state index < -0.39 is 27.9 Å². The summed E-state index contributed by atoms with van der Waals surface area (Å²) in [5, 5.41) is 7.62. The lowest BCUT2D eigenvalue weighted by Crippen LogP contribution is -2.35. The maximum absolute atomic E-state index is 11.8. The van der Waals surface area contributed by atoms with Crippen LogP contribution in [-0.2, 0) is 15.0 Å². The van der Waals surface area contributed by atoms with Gasteiger partial charge in [0.25, 0.3) is 0 Å². The lowest BCUT2D eigenvalue weighted by Gasteiger charge is -2.06. The van der Waals surface area contributed by atoms with Gasteiger partial charge in [-0.05, 0) is 0 Å². The quantitative estimate of drug-likeness (QED) is 0.639. The summed E-state index contributed by atoms with van der Waals surface area (Å²) in [5.74, 6) is -9.55. The molecule has 0 rings (SSSR count). The van der Waals surface area contributed by atoms with Crippen LogP contribution in [0.2, 0.25) is 0 Å². The average Bonchev–Trinajstić information content (AvgIpc) is 1.56. The van der Waals surface area contributed by atoms with Crippen LogP contribution in [0.3, 0.4) is 0 Å². The second kappa shape index (κ2) is 2.68. The minimum atomic E-state index is -5.46. The summed E-state index contributed by atoms with van der Waals surface area (Å²) in [6.45, 7) is 0. The molecule has 0 saturated heterocycles. The molecule has 0 amide bonds. The Bertz CT molecular complexity index is 256. The third-order valence-corrected chi connectivity index (χ3v) is 1.37. The molecule has 0 unspecified atom stereocenters. The zero-order valence-electron chi connectivity index (χ0n) is 4.92. The molecule has 0 radical (unpaired) electrons. The van der Waals surface area contributed by atoms with Crippen LogP contribution in [0.5, 0.6) is 0 Å². The van der Waals surface area contributed by atoms with Crippen LogP contribution < -0.4 is 0 Å². The Balaban J connectivity index is 4.51. The lowest BCUT2D eigenvalue weighted by molar-refractivity contribution is -0.161. The molecule has 0 aliphatic heterocycles. The van der Waals surface area contributed by atoms with Crippen LogP contribution >= 0.6 is 0 Å². The van der Waals surface area contributed by atoms with Crippen LogP contribution in [0.4, 0.5) is 12.7 Å². The standard InChI is InChI=1S/C3H3F3O4S/c4-3(5,2(7)8)1-11(6,9)10/h1H2,(H,7,8). The van der Waals surface area contributed by atoms with Gasteiger partial charge >= 0.3 is 22.1 Å². The molecule has 66 valence electrons. The van der Waals surface area contributed by atoms with Crippen molar-refractivity contribution in [3.05, 3.63) is 0 Å². The first-order chi connectivity index (χ1) is 4.65. The normalized spacial score (nSPS) is 13.0. The van der Waals surface area contributed by atoms with Gasteiger partial charge < -0.3 is 5.11 Å². The van der Waals surface area contributed by atoms with Gasteiger partial charge in [-0.15, -0.1) is 3.89 Å². The van der Waals surface area contributed by atoms with Crippen molar-refractivity contribution >= 4 is 16.2 Å². The molecular formula is C3H3F3O4S. The van der Waals surface area contributed by atoms with Crippen molar-refractivity contribution in [3.63, 3.8) is 0 Å². The largest absolute Gasteiger partial charge is 0.477 e. The van der Waals surface area contributed by atoms with E-state index in [0.29, 0.717) is 0 Å². The maximum atomic E-state index is 11.8. The van der Waals surface area contributed by atoms with Crippen molar-refractivity contribution in [1.29, 1.82) is 0 Å². The number of rotatable bonds is 3. The van der Waals surface area contributed by atoms with E-state index in [2.05, 4.69) is 0 Å². The van der Waals surface area contributed by atoms with Gasteiger partial charge in [-0.3, -0.25) is 0 Å². The Morgan fingerprint density at radius 1 is 1.45 bits per heavy atom. The van der Waals surface area contributed by atoms with Gasteiger partial charge in [-0.25, -0.2) is 4.79 Å². The molecule has 0 aromatic heterocycles. The van der Waals surface area contributed by atoms with Crippen LogP contribution in [0, 0.1) is 0 Å². The summed E-state index contributed by atoms with van der Waals surface area (Å²) in [7, 11) is -5.46. The highest BCUT2D eigenvalue weighted by molar-refractivity contribution is 7.86. The Labute approximate surface area is 59.8 Å². The molecule has 1 N–H and O–H groups in total. The maximum Gasteiger partial charge on any atom is 0.375 e. The fourth-order valence-corrected chi connectivity index (χ4v) is 0.835. The number of carboxylic acid groups (broad SMARTS) is 1. The van der Waals surface area contributed by atoms with E-state index in [0.717, 1.165) is 0 Å². The summed E-state index contributed by atoms with van der Waals surface area (Å²) in [4.78, 5) is 9.52. The highest BCUT2D eigenvalue weighted by Crippen LogP contribution is 2.16. The SMILES string of the molecule is O=C(O)C(F)(F)CS(=O)(=O)F. The fraction of sp³-hybridized carbons (Fsp3) is 0.667. The van der Waals surface area contributed by atoms with Gasteiger partial charge in [0, 0.05) is 0 Å². The number of hydrogen-bond acceptors (Lipinski definition) is 3. The molecule has 0 spiro atoms. The number of carbonyl (C=O) groups is 1. The predicted molar refractivity (Wildman–Crippen MR) is 27.5 cm³/mol. The van der Waals surface area contributed by atoms with Crippen LogP contribution in [0.1, 0.15) is 0 Å². The van der Waals surface area contributed by atoms with Crippen molar-refractivity contribution in [2.24, 2.45) is 0 Å².